The summed E-state index contributed by atoms with van der Waals surface area (Å²) >= 11 is 1.19. The van der Waals surface area contributed by atoms with Gasteiger partial charge in [-0.25, -0.2) is 4.90 Å². The number of aliphatic hydroxyl groups is 1. The molecular formula is C23H24N2O4S. The van der Waals surface area contributed by atoms with Gasteiger partial charge in [0.1, 0.15) is 5.75 Å². The molecule has 0 saturated carbocycles. The van der Waals surface area contributed by atoms with Crippen LogP contribution < -0.4 is 14.5 Å². The molecule has 0 aliphatic carbocycles. The van der Waals surface area contributed by atoms with Gasteiger partial charge in [0, 0.05) is 30.1 Å². The van der Waals surface area contributed by atoms with E-state index in [4.69, 9.17) is 4.74 Å². The Balaban J connectivity index is 1.70. The van der Waals surface area contributed by atoms with Crippen molar-refractivity contribution in [2.45, 2.75) is 12.8 Å². The van der Waals surface area contributed by atoms with Crippen LogP contribution in [0, 0.1) is 0 Å². The molecule has 0 aromatic heterocycles. The lowest BCUT2D eigenvalue weighted by molar-refractivity contribution is -0.119. The van der Waals surface area contributed by atoms with Crippen molar-refractivity contribution in [3.05, 3.63) is 59.0 Å². The molecule has 2 amide bonds. The van der Waals surface area contributed by atoms with Gasteiger partial charge < -0.3 is 14.7 Å². The highest BCUT2D eigenvalue weighted by Crippen LogP contribution is 2.41. The van der Waals surface area contributed by atoms with Crippen molar-refractivity contribution >= 4 is 40.5 Å². The Bertz CT molecular complexity index is 981. The molecule has 1 saturated heterocycles. The van der Waals surface area contributed by atoms with Crippen molar-refractivity contribution in [1.82, 2.24) is 0 Å². The summed E-state index contributed by atoms with van der Waals surface area (Å²) < 4.78 is 5.43. The minimum Gasteiger partial charge on any atom is -0.496 e. The van der Waals surface area contributed by atoms with E-state index in [1.54, 1.807) is 12.1 Å². The molecule has 0 radical (unpaired) electrons. The number of aliphatic hydroxyl groups excluding tert-OH is 1. The largest absolute Gasteiger partial charge is 0.496 e. The molecule has 2 aliphatic rings. The third kappa shape index (κ3) is 3.70. The fourth-order valence-electron chi connectivity index (χ4n) is 3.90. The number of benzene rings is 2. The Morgan fingerprint density at radius 1 is 0.967 bits per heavy atom. The maximum absolute atomic E-state index is 13.4. The Hall–Kier alpha value is -2.77. The van der Waals surface area contributed by atoms with Gasteiger partial charge in [-0.05, 0) is 43.2 Å². The van der Waals surface area contributed by atoms with E-state index in [1.165, 1.54) is 36.6 Å². The quantitative estimate of drug-likeness (QED) is 0.688. The molecule has 0 atom stereocenters. The minimum atomic E-state index is -0.376. The smallest absolute Gasteiger partial charge is 0.272 e. The van der Waals surface area contributed by atoms with E-state index < -0.39 is 0 Å². The molecule has 2 aromatic rings. The maximum Gasteiger partial charge on any atom is 0.272 e. The zero-order chi connectivity index (χ0) is 21.1. The molecule has 4 rings (SSSR count). The van der Waals surface area contributed by atoms with E-state index in [0.29, 0.717) is 33.2 Å². The highest BCUT2D eigenvalue weighted by molar-refractivity contribution is 8.04. The molecule has 0 bridgehead atoms. The molecule has 156 valence electrons. The van der Waals surface area contributed by atoms with E-state index in [-0.39, 0.29) is 18.4 Å². The highest BCUT2D eigenvalue weighted by atomic mass is 32.2. The molecule has 7 heteroatoms. The third-order valence-electron chi connectivity index (χ3n) is 5.33. The number of hydrogen-bond acceptors (Lipinski definition) is 6. The normalized spacial score (nSPS) is 16.7. The van der Waals surface area contributed by atoms with Crippen LogP contribution in [0.5, 0.6) is 5.75 Å². The summed E-state index contributed by atoms with van der Waals surface area (Å²) in [5, 5.41) is 9.27. The van der Waals surface area contributed by atoms with Crippen molar-refractivity contribution in [3.8, 4) is 5.75 Å². The zero-order valence-electron chi connectivity index (χ0n) is 16.8. The first-order valence-corrected chi connectivity index (χ1v) is 11.0. The van der Waals surface area contributed by atoms with E-state index in [2.05, 4.69) is 4.90 Å². The fraction of sp³-hybridized carbons (Fsp3) is 0.304. The Kier molecular flexibility index (Phi) is 6.11. The number of nitrogens with zero attached hydrogens (tertiary/aromatic N) is 2. The summed E-state index contributed by atoms with van der Waals surface area (Å²) in [5.74, 6) is 0.114. The molecule has 2 aliphatic heterocycles. The van der Waals surface area contributed by atoms with Crippen molar-refractivity contribution in [2.75, 3.05) is 42.4 Å². The van der Waals surface area contributed by atoms with Crippen LogP contribution in [0.3, 0.4) is 0 Å². The van der Waals surface area contributed by atoms with Gasteiger partial charge in [-0.1, -0.05) is 18.2 Å². The Labute approximate surface area is 180 Å². The Morgan fingerprint density at radius 2 is 1.63 bits per heavy atom. The van der Waals surface area contributed by atoms with E-state index in [9.17, 15) is 14.7 Å². The van der Waals surface area contributed by atoms with Crippen LogP contribution in [0.1, 0.15) is 18.4 Å². The summed E-state index contributed by atoms with van der Waals surface area (Å²) in [6.45, 7) is 1.98. The summed E-state index contributed by atoms with van der Waals surface area (Å²) in [7, 11) is 1.54. The number of ether oxygens (including phenoxy) is 1. The zero-order valence-corrected chi connectivity index (χ0v) is 17.7. The molecular weight excluding hydrogens is 400 g/mol. The number of thioether (sulfide) groups is 1. The van der Waals surface area contributed by atoms with E-state index >= 15 is 0 Å². The fourth-order valence-corrected chi connectivity index (χ4v) is 4.75. The van der Waals surface area contributed by atoms with Gasteiger partial charge in [0.15, 0.2) is 0 Å². The number of carbonyl (C=O) groups excluding carboxylic acids is 2. The molecule has 1 fully saturated rings. The third-order valence-corrected chi connectivity index (χ3v) is 6.39. The van der Waals surface area contributed by atoms with E-state index in [1.807, 2.05) is 36.4 Å². The van der Waals surface area contributed by atoms with Gasteiger partial charge in [0.05, 0.1) is 29.9 Å². The standard InChI is InChI=1S/C23H24N2O4S/c1-29-19-7-3-2-6-18(19)20-21(30-15-14-26)23(28)25(22(20)27)17-10-8-16(9-11-17)24-12-4-5-13-24/h2-3,6-11,26H,4-5,12-15H2,1H3. The SMILES string of the molecule is COc1ccccc1C1=C(SCCO)C(=O)N(c2ccc(N3CCCC3)cc2)C1=O. The summed E-state index contributed by atoms with van der Waals surface area (Å²) in [6, 6.07) is 14.7. The maximum atomic E-state index is 13.4. The van der Waals surface area contributed by atoms with Crippen LogP contribution in [0.2, 0.25) is 0 Å². The Morgan fingerprint density at radius 3 is 2.30 bits per heavy atom. The molecule has 2 aromatic carbocycles. The predicted molar refractivity (Wildman–Crippen MR) is 120 cm³/mol. The first-order chi connectivity index (χ1) is 14.7. The van der Waals surface area contributed by atoms with Crippen LogP contribution in [-0.4, -0.2) is 49.5 Å². The summed E-state index contributed by atoms with van der Waals surface area (Å²) in [4.78, 5) is 30.5. The van der Waals surface area contributed by atoms with Gasteiger partial charge in [-0.2, -0.15) is 0 Å². The number of para-hydroxylation sites is 1. The number of rotatable bonds is 7. The summed E-state index contributed by atoms with van der Waals surface area (Å²) in [6.07, 6.45) is 2.37. The first-order valence-electron chi connectivity index (χ1n) is 10.0. The van der Waals surface area contributed by atoms with Crippen LogP contribution in [0.25, 0.3) is 5.57 Å². The number of anilines is 2. The average molecular weight is 425 g/mol. The predicted octanol–water partition coefficient (Wildman–Crippen LogP) is 3.31. The molecule has 0 unspecified atom stereocenters. The second kappa shape index (κ2) is 8.93. The monoisotopic (exact) mass is 424 g/mol. The lowest BCUT2D eigenvalue weighted by atomic mass is 10.0. The topological polar surface area (TPSA) is 70.1 Å². The van der Waals surface area contributed by atoms with Crippen LogP contribution in [0.4, 0.5) is 11.4 Å². The highest BCUT2D eigenvalue weighted by Gasteiger charge is 2.41. The summed E-state index contributed by atoms with van der Waals surface area (Å²) in [5.41, 5.74) is 2.54. The second-order valence-electron chi connectivity index (χ2n) is 7.13. The molecule has 2 heterocycles. The average Bonchev–Trinajstić information content (AvgIpc) is 3.39. The van der Waals surface area contributed by atoms with Gasteiger partial charge in [-0.15, -0.1) is 11.8 Å². The van der Waals surface area contributed by atoms with Gasteiger partial charge in [-0.3, -0.25) is 9.59 Å². The number of methoxy groups -OCH3 is 1. The number of hydrogen-bond donors (Lipinski definition) is 1. The van der Waals surface area contributed by atoms with Crippen molar-refractivity contribution < 1.29 is 19.4 Å². The van der Waals surface area contributed by atoms with E-state index in [0.717, 1.165) is 18.8 Å². The van der Waals surface area contributed by atoms with Crippen molar-refractivity contribution in [2.24, 2.45) is 0 Å². The lowest BCUT2D eigenvalue weighted by Gasteiger charge is -2.20. The van der Waals surface area contributed by atoms with Gasteiger partial charge in [0.25, 0.3) is 11.8 Å². The van der Waals surface area contributed by atoms with Crippen molar-refractivity contribution in [1.29, 1.82) is 0 Å². The number of imide groups is 1. The molecule has 6 nitrogen and oxygen atoms in total. The first kappa shape index (κ1) is 20.5. The minimum absolute atomic E-state index is 0.0840. The second-order valence-corrected chi connectivity index (χ2v) is 8.24. The van der Waals surface area contributed by atoms with Crippen molar-refractivity contribution in [3.63, 3.8) is 0 Å². The molecule has 30 heavy (non-hydrogen) atoms. The van der Waals surface area contributed by atoms with Gasteiger partial charge >= 0.3 is 0 Å². The van der Waals surface area contributed by atoms with Gasteiger partial charge in [0.2, 0.25) is 0 Å². The number of amides is 2. The number of carbonyl (C=O) groups is 2. The molecule has 0 spiro atoms. The van der Waals surface area contributed by atoms with Crippen LogP contribution >= 0.6 is 11.8 Å². The van der Waals surface area contributed by atoms with Crippen LogP contribution in [-0.2, 0) is 9.59 Å². The van der Waals surface area contributed by atoms with Crippen LogP contribution in [0.15, 0.2) is 53.4 Å². The lowest BCUT2D eigenvalue weighted by Crippen LogP contribution is -2.31. The molecule has 1 N–H and O–H groups in total.